The molecule has 35 heavy (non-hydrogen) atoms. The number of amides is 1. The highest BCUT2D eigenvalue weighted by atomic mass is 19.4. The molecule has 0 bridgehead atoms. The summed E-state index contributed by atoms with van der Waals surface area (Å²) in [6.07, 6.45) is -5.95. The van der Waals surface area contributed by atoms with E-state index in [1.165, 1.54) is 28.8 Å². The second-order valence-electron chi connectivity index (χ2n) is 7.63. The molecule has 0 saturated heterocycles. The number of fused-ring (bicyclic) bond motifs is 1. The van der Waals surface area contributed by atoms with Gasteiger partial charge in [0.15, 0.2) is 0 Å². The summed E-state index contributed by atoms with van der Waals surface area (Å²) in [6.45, 7) is 1.56. The van der Waals surface area contributed by atoms with Crippen LogP contribution in [0, 0.1) is 22.7 Å². The van der Waals surface area contributed by atoms with Gasteiger partial charge in [0.1, 0.15) is 6.04 Å². The Bertz CT molecular complexity index is 1430. The summed E-state index contributed by atoms with van der Waals surface area (Å²) in [6, 6.07) is 14.1. The van der Waals surface area contributed by atoms with Crippen molar-refractivity contribution in [3.05, 3.63) is 76.5 Å². The first-order valence-electron chi connectivity index (χ1n) is 10.1. The highest BCUT2D eigenvalue weighted by Crippen LogP contribution is 2.43. The van der Waals surface area contributed by atoms with E-state index < -0.39 is 23.9 Å². The number of halogens is 3. The second-order valence-corrected chi connectivity index (χ2v) is 7.63. The minimum Gasteiger partial charge on any atom is -0.465 e. The zero-order chi connectivity index (χ0) is 25.5. The molecule has 1 aromatic heterocycles. The van der Waals surface area contributed by atoms with Gasteiger partial charge in [-0.05, 0) is 42.8 Å². The Morgan fingerprint density at radius 3 is 2.40 bits per heavy atom. The fourth-order valence-electron chi connectivity index (χ4n) is 3.77. The lowest BCUT2D eigenvalue weighted by Gasteiger charge is -2.34. The third kappa shape index (κ3) is 4.02. The first-order valence-corrected chi connectivity index (χ1v) is 10.1. The zero-order valence-corrected chi connectivity index (χ0v) is 18.3. The van der Waals surface area contributed by atoms with Crippen LogP contribution >= 0.6 is 0 Å². The van der Waals surface area contributed by atoms with E-state index in [1.807, 2.05) is 6.07 Å². The standard InChI is InChI=1S/C23H16F3N7O2/c1-13-18(12-28)19(15-8-6-14(11-27)7-9-15)33-21(29-20(30-33)31(2)22(34)35)32(13)17-5-3-4-16(10-17)23(24,25)26/h3-10,19H,1-2H3,(H,34,35)/t19-/m1/s1. The Kier molecular flexibility index (Phi) is 5.66. The van der Waals surface area contributed by atoms with Gasteiger partial charge in [-0.3, -0.25) is 4.90 Å². The van der Waals surface area contributed by atoms with Gasteiger partial charge in [-0.1, -0.05) is 18.2 Å². The first kappa shape index (κ1) is 23.3. The zero-order valence-electron chi connectivity index (χ0n) is 18.3. The van der Waals surface area contributed by atoms with Crippen molar-refractivity contribution < 1.29 is 23.1 Å². The second kappa shape index (κ2) is 8.50. The van der Waals surface area contributed by atoms with Crippen molar-refractivity contribution in [2.45, 2.75) is 19.1 Å². The molecule has 1 N–H and O–H groups in total. The quantitative estimate of drug-likeness (QED) is 0.571. The molecule has 2 heterocycles. The van der Waals surface area contributed by atoms with Crippen LogP contribution in [0.15, 0.2) is 59.8 Å². The van der Waals surface area contributed by atoms with Crippen molar-refractivity contribution in [1.29, 1.82) is 10.5 Å². The van der Waals surface area contributed by atoms with Crippen molar-refractivity contribution in [2.75, 3.05) is 16.8 Å². The molecule has 0 fully saturated rings. The number of benzene rings is 2. The summed E-state index contributed by atoms with van der Waals surface area (Å²) in [5.74, 6) is -0.201. The summed E-state index contributed by atoms with van der Waals surface area (Å²) in [4.78, 5) is 17.9. The lowest BCUT2D eigenvalue weighted by molar-refractivity contribution is -0.137. The third-order valence-corrected chi connectivity index (χ3v) is 5.54. The molecule has 0 aliphatic carbocycles. The highest BCUT2D eigenvalue weighted by Gasteiger charge is 2.38. The summed E-state index contributed by atoms with van der Waals surface area (Å²) < 4.78 is 41.5. The number of hydrogen-bond donors (Lipinski definition) is 1. The maximum atomic E-state index is 13.4. The molecule has 1 atom stereocenters. The summed E-state index contributed by atoms with van der Waals surface area (Å²) in [5.41, 5.74) is 0.574. The number of nitrogens with zero attached hydrogens (tertiary/aromatic N) is 7. The monoisotopic (exact) mass is 479 g/mol. The van der Waals surface area contributed by atoms with Crippen molar-refractivity contribution in [3.63, 3.8) is 0 Å². The summed E-state index contributed by atoms with van der Waals surface area (Å²) in [5, 5.41) is 32.8. The molecule has 0 unspecified atom stereocenters. The summed E-state index contributed by atoms with van der Waals surface area (Å²) >= 11 is 0. The smallest absolute Gasteiger partial charge is 0.416 e. The van der Waals surface area contributed by atoms with Crippen LogP contribution in [0.3, 0.4) is 0 Å². The SMILES string of the molecule is CC1=C(C#N)[C@@H](c2ccc(C#N)cc2)n2nc(N(C)C(=O)O)nc2N1c1cccc(C(F)(F)F)c1. The number of allylic oxidation sites excluding steroid dienone is 2. The maximum absolute atomic E-state index is 13.4. The molecule has 4 rings (SSSR count). The van der Waals surface area contributed by atoms with Gasteiger partial charge in [0.2, 0.25) is 5.95 Å². The molecule has 1 amide bonds. The minimum atomic E-state index is -4.60. The van der Waals surface area contributed by atoms with Gasteiger partial charge >= 0.3 is 12.3 Å². The Labute approximate surface area is 197 Å². The topological polar surface area (TPSA) is 122 Å². The van der Waals surface area contributed by atoms with Crippen LogP contribution in [0.5, 0.6) is 0 Å². The largest absolute Gasteiger partial charge is 0.465 e. The van der Waals surface area contributed by atoms with Crippen molar-refractivity contribution in [1.82, 2.24) is 14.8 Å². The highest BCUT2D eigenvalue weighted by molar-refractivity contribution is 5.83. The van der Waals surface area contributed by atoms with E-state index in [1.54, 1.807) is 31.2 Å². The molecule has 176 valence electrons. The van der Waals surface area contributed by atoms with Gasteiger partial charge < -0.3 is 5.11 Å². The predicted molar refractivity (Wildman–Crippen MR) is 118 cm³/mol. The molecular weight excluding hydrogens is 463 g/mol. The van der Waals surface area contributed by atoms with E-state index >= 15 is 0 Å². The minimum absolute atomic E-state index is 0.0262. The van der Waals surface area contributed by atoms with Crippen molar-refractivity contribution in [3.8, 4) is 12.1 Å². The van der Waals surface area contributed by atoms with Crippen LogP contribution in [0.4, 0.5) is 35.5 Å². The fraction of sp³-hybridized carbons (Fsp3) is 0.174. The fourth-order valence-corrected chi connectivity index (χ4v) is 3.77. The number of nitriles is 2. The van der Waals surface area contributed by atoms with Crippen LogP contribution in [0.2, 0.25) is 0 Å². The average molecular weight is 479 g/mol. The molecule has 9 nitrogen and oxygen atoms in total. The molecule has 1 aliphatic rings. The van der Waals surface area contributed by atoms with E-state index in [-0.39, 0.29) is 23.2 Å². The van der Waals surface area contributed by atoms with E-state index in [9.17, 15) is 28.3 Å². The first-order chi connectivity index (χ1) is 16.6. The van der Waals surface area contributed by atoms with Crippen LogP contribution in [-0.2, 0) is 6.18 Å². The molecule has 0 radical (unpaired) electrons. The van der Waals surface area contributed by atoms with Gasteiger partial charge in [0.25, 0.3) is 5.95 Å². The Morgan fingerprint density at radius 2 is 1.83 bits per heavy atom. The lowest BCUT2D eigenvalue weighted by Crippen LogP contribution is -2.31. The van der Waals surface area contributed by atoms with Crippen LogP contribution in [0.1, 0.15) is 29.7 Å². The average Bonchev–Trinajstić information content (AvgIpc) is 3.26. The Morgan fingerprint density at radius 1 is 1.14 bits per heavy atom. The number of anilines is 3. The summed E-state index contributed by atoms with van der Waals surface area (Å²) in [7, 11) is 1.22. The molecule has 3 aromatic rings. The van der Waals surface area contributed by atoms with Gasteiger partial charge in [0, 0.05) is 18.4 Å². The molecule has 1 aliphatic heterocycles. The molecular formula is C23H16F3N7O2. The third-order valence-electron chi connectivity index (χ3n) is 5.54. The van der Waals surface area contributed by atoms with E-state index in [0.717, 1.165) is 17.0 Å². The van der Waals surface area contributed by atoms with Gasteiger partial charge in [-0.15, -0.1) is 5.10 Å². The number of aromatic nitrogens is 3. The van der Waals surface area contributed by atoms with E-state index in [2.05, 4.69) is 16.2 Å². The molecule has 12 heteroatoms. The van der Waals surface area contributed by atoms with Crippen molar-refractivity contribution in [2.24, 2.45) is 0 Å². The molecule has 2 aromatic carbocycles. The number of hydrogen-bond acceptors (Lipinski definition) is 6. The predicted octanol–water partition coefficient (Wildman–Crippen LogP) is 4.82. The van der Waals surface area contributed by atoms with Gasteiger partial charge in [0.05, 0.1) is 28.8 Å². The number of carbonyl (C=O) groups is 1. The molecule has 0 spiro atoms. The van der Waals surface area contributed by atoms with Crippen LogP contribution in [-0.4, -0.2) is 33.0 Å². The van der Waals surface area contributed by atoms with Crippen LogP contribution in [0.25, 0.3) is 0 Å². The van der Waals surface area contributed by atoms with E-state index in [4.69, 9.17) is 5.26 Å². The number of alkyl halides is 3. The number of carboxylic acid groups (broad SMARTS) is 1. The van der Waals surface area contributed by atoms with Gasteiger partial charge in [-0.25, -0.2) is 14.4 Å². The normalized spacial score (nSPS) is 15.3. The lowest BCUT2D eigenvalue weighted by atomic mass is 9.95. The van der Waals surface area contributed by atoms with E-state index in [0.29, 0.717) is 16.8 Å². The Hall–Kier alpha value is -4.84. The number of rotatable bonds is 3. The van der Waals surface area contributed by atoms with Crippen molar-refractivity contribution >= 4 is 23.7 Å². The van der Waals surface area contributed by atoms with Gasteiger partial charge in [-0.2, -0.15) is 28.7 Å². The van der Waals surface area contributed by atoms with Crippen LogP contribution < -0.4 is 9.80 Å². The Balaban J connectivity index is 1.98. The maximum Gasteiger partial charge on any atom is 0.416 e. The molecule has 0 saturated carbocycles.